The van der Waals surface area contributed by atoms with Gasteiger partial charge in [0.2, 0.25) is 0 Å². The number of methoxy groups -OCH3 is 1. The van der Waals surface area contributed by atoms with Crippen molar-refractivity contribution in [2.75, 3.05) is 27.2 Å². The second-order valence-corrected chi connectivity index (χ2v) is 5.83. The van der Waals surface area contributed by atoms with Crippen molar-refractivity contribution in [3.05, 3.63) is 29.3 Å². The molecule has 0 saturated carbocycles. The van der Waals surface area contributed by atoms with Gasteiger partial charge in [-0.3, -0.25) is 9.69 Å². The molecule has 2 rings (SSSR count). The van der Waals surface area contributed by atoms with Crippen molar-refractivity contribution in [3.8, 4) is 5.75 Å². The summed E-state index contributed by atoms with van der Waals surface area (Å²) in [6, 6.07) is 6.28. The van der Waals surface area contributed by atoms with E-state index in [0.717, 1.165) is 36.5 Å². The van der Waals surface area contributed by atoms with Crippen molar-refractivity contribution >= 4 is 5.78 Å². The van der Waals surface area contributed by atoms with Crippen LogP contribution in [0.1, 0.15) is 42.1 Å². The number of ketones is 1. The zero-order valence-corrected chi connectivity index (χ0v) is 13.3. The van der Waals surface area contributed by atoms with E-state index >= 15 is 0 Å². The first-order chi connectivity index (χ1) is 10.1. The fourth-order valence-corrected chi connectivity index (χ4v) is 2.96. The lowest BCUT2D eigenvalue weighted by Crippen LogP contribution is -2.32. The SMILES string of the molecule is COc1ccc(C(C)=O)cc1CN(C)C1CCCNCC1. The maximum atomic E-state index is 11.6. The van der Waals surface area contributed by atoms with E-state index in [1.165, 1.54) is 19.3 Å². The molecule has 1 aromatic rings. The van der Waals surface area contributed by atoms with Crippen molar-refractivity contribution in [1.29, 1.82) is 0 Å². The molecule has 1 fully saturated rings. The molecule has 1 unspecified atom stereocenters. The monoisotopic (exact) mass is 290 g/mol. The Morgan fingerprint density at radius 3 is 2.90 bits per heavy atom. The maximum absolute atomic E-state index is 11.6. The topological polar surface area (TPSA) is 41.6 Å². The van der Waals surface area contributed by atoms with Crippen molar-refractivity contribution in [3.63, 3.8) is 0 Å². The third kappa shape index (κ3) is 4.29. The summed E-state index contributed by atoms with van der Waals surface area (Å²) in [7, 11) is 3.84. The molecule has 0 amide bonds. The molecule has 0 bridgehead atoms. The van der Waals surface area contributed by atoms with Crippen LogP contribution in [0.2, 0.25) is 0 Å². The number of Topliss-reactive ketones (excluding diaryl/α,β-unsaturated/α-hetero) is 1. The molecule has 1 aromatic carbocycles. The Labute approximate surface area is 127 Å². The van der Waals surface area contributed by atoms with Crippen LogP contribution in [0.5, 0.6) is 5.75 Å². The predicted molar refractivity (Wildman–Crippen MR) is 85.0 cm³/mol. The van der Waals surface area contributed by atoms with E-state index in [-0.39, 0.29) is 5.78 Å². The highest BCUT2D eigenvalue weighted by Gasteiger charge is 2.18. The van der Waals surface area contributed by atoms with Crippen LogP contribution in [0.4, 0.5) is 0 Å². The summed E-state index contributed by atoms with van der Waals surface area (Å²) in [6.45, 7) is 4.62. The molecular formula is C17H26N2O2. The van der Waals surface area contributed by atoms with Gasteiger partial charge in [-0.15, -0.1) is 0 Å². The Kier molecular flexibility index (Phi) is 5.76. The first-order valence-electron chi connectivity index (χ1n) is 7.70. The number of hydrogen-bond acceptors (Lipinski definition) is 4. The Morgan fingerprint density at radius 2 is 2.19 bits per heavy atom. The maximum Gasteiger partial charge on any atom is 0.159 e. The summed E-state index contributed by atoms with van der Waals surface area (Å²) in [4.78, 5) is 14.0. The molecule has 1 aliphatic rings. The van der Waals surface area contributed by atoms with Gasteiger partial charge in [-0.2, -0.15) is 0 Å². The van der Waals surface area contributed by atoms with Crippen molar-refractivity contribution in [2.45, 2.75) is 38.8 Å². The molecule has 0 aromatic heterocycles. The number of hydrogen-bond donors (Lipinski definition) is 1. The van der Waals surface area contributed by atoms with Gasteiger partial charge in [-0.05, 0) is 64.5 Å². The van der Waals surface area contributed by atoms with Crippen molar-refractivity contribution in [2.24, 2.45) is 0 Å². The van der Waals surface area contributed by atoms with Gasteiger partial charge >= 0.3 is 0 Å². The normalized spacial score (nSPS) is 19.3. The fourth-order valence-electron chi connectivity index (χ4n) is 2.96. The molecule has 21 heavy (non-hydrogen) atoms. The van der Waals surface area contributed by atoms with E-state index in [4.69, 9.17) is 4.74 Å². The van der Waals surface area contributed by atoms with Gasteiger partial charge in [-0.25, -0.2) is 0 Å². The van der Waals surface area contributed by atoms with E-state index in [1.54, 1.807) is 14.0 Å². The van der Waals surface area contributed by atoms with Crippen LogP contribution >= 0.6 is 0 Å². The summed E-state index contributed by atoms with van der Waals surface area (Å²) >= 11 is 0. The lowest BCUT2D eigenvalue weighted by atomic mass is 10.0. The van der Waals surface area contributed by atoms with E-state index in [0.29, 0.717) is 6.04 Å². The first kappa shape index (κ1) is 16.0. The van der Waals surface area contributed by atoms with Crippen LogP contribution in [0, 0.1) is 0 Å². The first-order valence-corrected chi connectivity index (χ1v) is 7.70. The van der Waals surface area contributed by atoms with E-state index < -0.39 is 0 Å². The molecule has 0 spiro atoms. The largest absolute Gasteiger partial charge is 0.496 e. The molecule has 4 nitrogen and oxygen atoms in total. The van der Waals surface area contributed by atoms with Crippen LogP contribution in [0.25, 0.3) is 0 Å². The number of carbonyl (C=O) groups is 1. The van der Waals surface area contributed by atoms with Gasteiger partial charge in [0.25, 0.3) is 0 Å². The second-order valence-electron chi connectivity index (χ2n) is 5.83. The Morgan fingerprint density at radius 1 is 1.38 bits per heavy atom. The van der Waals surface area contributed by atoms with Crippen LogP contribution in [-0.4, -0.2) is 44.0 Å². The Hall–Kier alpha value is -1.39. The fraction of sp³-hybridized carbons (Fsp3) is 0.588. The van der Waals surface area contributed by atoms with E-state index in [1.807, 2.05) is 18.2 Å². The smallest absolute Gasteiger partial charge is 0.159 e. The van der Waals surface area contributed by atoms with Crippen molar-refractivity contribution < 1.29 is 9.53 Å². The summed E-state index contributed by atoms with van der Waals surface area (Å²) in [5.74, 6) is 0.957. The standard InChI is InChI=1S/C17H26N2O2/c1-13(20)14-6-7-17(21-3)15(11-14)12-19(2)16-5-4-9-18-10-8-16/h6-7,11,16,18H,4-5,8-10,12H2,1-3H3. The third-order valence-corrected chi connectivity index (χ3v) is 4.28. The van der Waals surface area contributed by atoms with Crippen LogP contribution < -0.4 is 10.1 Å². The zero-order valence-electron chi connectivity index (χ0n) is 13.3. The minimum atomic E-state index is 0.0974. The van der Waals surface area contributed by atoms with Crippen LogP contribution in [-0.2, 0) is 6.54 Å². The predicted octanol–water partition coefficient (Wildman–Crippen LogP) is 2.47. The minimum Gasteiger partial charge on any atom is -0.496 e. The molecule has 1 N–H and O–H groups in total. The van der Waals surface area contributed by atoms with Gasteiger partial charge in [0, 0.05) is 23.7 Å². The summed E-state index contributed by atoms with van der Waals surface area (Å²) in [5.41, 5.74) is 1.84. The summed E-state index contributed by atoms with van der Waals surface area (Å²) in [6.07, 6.45) is 3.61. The average molecular weight is 290 g/mol. The number of rotatable bonds is 5. The number of nitrogens with zero attached hydrogens (tertiary/aromatic N) is 1. The Bertz CT molecular complexity index is 480. The number of nitrogens with one attached hydrogen (secondary N) is 1. The Balaban J connectivity index is 2.12. The van der Waals surface area contributed by atoms with Gasteiger partial charge < -0.3 is 10.1 Å². The highest BCUT2D eigenvalue weighted by Crippen LogP contribution is 2.23. The molecule has 116 valence electrons. The molecule has 0 aliphatic carbocycles. The number of ether oxygens (including phenoxy) is 1. The highest BCUT2D eigenvalue weighted by atomic mass is 16.5. The molecule has 1 atom stereocenters. The van der Waals surface area contributed by atoms with Gasteiger partial charge in [0.15, 0.2) is 5.78 Å². The molecular weight excluding hydrogens is 264 g/mol. The lowest BCUT2D eigenvalue weighted by molar-refractivity contribution is 0.101. The van der Waals surface area contributed by atoms with E-state index in [9.17, 15) is 4.79 Å². The second kappa shape index (κ2) is 7.57. The molecule has 1 saturated heterocycles. The van der Waals surface area contributed by atoms with Crippen LogP contribution in [0.3, 0.4) is 0 Å². The van der Waals surface area contributed by atoms with Gasteiger partial charge in [0.05, 0.1) is 7.11 Å². The minimum absolute atomic E-state index is 0.0974. The van der Waals surface area contributed by atoms with Gasteiger partial charge in [-0.1, -0.05) is 0 Å². The van der Waals surface area contributed by atoms with Crippen molar-refractivity contribution in [1.82, 2.24) is 10.2 Å². The van der Waals surface area contributed by atoms with Gasteiger partial charge in [0.1, 0.15) is 5.75 Å². The quantitative estimate of drug-likeness (QED) is 0.846. The number of benzene rings is 1. The molecule has 1 aliphatic heterocycles. The molecule has 1 heterocycles. The highest BCUT2D eigenvalue weighted by molar-refractivity contribution is 5.94. The summed E-state index contributed by atoms with van der Waals surface area (Å²) in [5, 5.41) is 3.45. The zero-order chi connectivity index (χ0) is 15.2. The average Bonchev–Trinajstić information content (AvgIpc) is 2.76. The molecule has 4 heteroatoms. The molecule has 0 radical (unpaired) electrons. The summed E-state index contributed by atoms with van der Waals surface area (Å²) < 4.78 is 5.44. The van der Waals surface area contributed by atoms with Crippen LogP contribution in [0.15, 0.2) is 18.2 Å². The number of carbonyl (C=O) groups excluding carboxylic acids is 1. The lowest BCUT2D eigenvalue weighted by Gasteiger charge is -2.27. The van der Waals surface area contributed by atoms with E-state index in [2.05, 4.69) is 17.3 Å². The third-order valence-electron chi connectivity index (χ3n) is 4.28.